The minimum atomic E-state index is 0.294. The Hall–Kier alpha value is -1.02. The first-order chi connectivity index (χ1) is 6.36. The first-order valence-electron chi connectivity index (χ1n) is 4.60. The summed E-state index contributed by atoms with van der Waals surface area (Å²) < 4.78 is 5.26. The second-order valence-corrected chi connectivity index (χ2v) is 3.53. The number of hydrogen-bond acceptors (Lipinski definition) is 2. The van der Waals surface area contributed by atoms with Crippen LogP contribution in [0.3, 0.4) is 0 Å². The molecule has 2 heteroatoms. The lowest BCUT2D eigenvalue weighted by molar-refractivity contribution is 0.273. The van der Waals surface area contributed by atoms with Crippen LogP contribution in [0.15, 0.2) is 24.3 Å². The lowest BCUT2D eigenvalue weighted by Crippen LogP contribution is -1.92. The van der Waals surface area contributed by atoms with E-state index in [1.165, 1.54) is 5.56 Å². The van der Waals surface area contributed by atoms with Gasteiger partial charge >= 0.3 is 0 Å². The van der Waals surface area contributed by atoms with Crippen LogP contribution in [0.4, 0.5) is 0 Å². The van der Waals surface area contributed by atoms with Crippen LogP contribution in [0, 0.1) is 5.92 Å². The third kappa shape index (κ3) is 1.54. The minimum absolute atomic E-state index is 0.294. The monoisotopic (exact) mass is 178 g/mol. The highest BCUT2D eigenvalue weighted by molar-refractivity contribution is 5.39. The molecule has 0 aromatic heterocycles. The van der Waals surface area contributed by atoms with E-state index in [2.05, 4.69) is 6.07 Å². The van der Waals surface area contributed by atoms with E-state index in [4.69, 9.17) is 9.84 Å². The molecule has 0 spiro atoms. The summed E-state index contributed by atoms with van der Waals surface area (Å²) in [5, 5.41) is 8.96. The maximum absolute atomic E-state index is 8.96. The summed E-state index contributed by atoms with van der Waals surface area (Å²) in [6.45, 7) is 0.294. The molecule has 1 aromatic rings. The number of hydrogen-bond donors (Lipinski definition) is 1. The van der Waals surface area contributed by atoms with Crippen molar-refractivity contribution in [3.8, 4) is 5.75 Å². The standard InChI is InChI=1S/C11H14O2/c1-13-11-5-3-2-4-9(11)10-6-8(10)7-12/h2-5,8,10,12H,6-7H2,1H3. The second kappa shape index (κ2) is 3.38. The Bertz CT molecular complexity index is 296. The van der Waals surface area contributed by atoms with Gasteiger partial charge in [-0.1, -0.05) is 18.2 Å². The average Bonchev–Trinajstić information content (AvgIpc) is 2.96. The fraction of sp³-hybridized carbons (Fsp3) is 0.455. The Balaban J connectivity index is 2.20. The molecule has 0 heterocycles. The van der Waals surface area contributed by atoms with E-state index in [0.29, 0.717) is 18.4 Å². The van der Waals surface area contributed by atoms with Crippen LogP contribution in [0.1, 0.15) is 17.9 Å². The first-order valence-corrected chi connectivity index (χ1v) is 4.60. The van der Waals surface area contributed by atoms with Crippen LogP contribution in [0.25, 0.3) is 0 Å². The fourth-order valence-electron chi connectivity index (χ4n) is 1.80. The predicted molar refractivity (Wildman–Crippen MR) is 50.9 cm³/mol. The SMILES string of the molecule is COc1ccccc1C1CC1CO. The Morgan fingerprint density at radius 2 is 2.23 bits per heavy atom. The summed E-state index contributed by atoms with van der Waals surface area (Å²) >= 11 is 0. The van der Waals surface area contributed by atoms with E-state index in [1.807, 2.05) is 18.2 Å². The van der Waals surface area contributed by atoms with Gasteiger partial charge in [0.25, 0.3) is 0 Å². The normalized spacial score (nSPS) is 25.7. The molecule has 1 N–H and O–H groups in total. The molecule has 0 saturated heterocycles. The van der Waals surface area contributed by atoms with Crippen LogP contribution in [0.2, 0.25) is 0 Å². The van der Waals surface area contributed by atoms with Gasteiger partial charge in [-0.05, 0) is 29.9 Å². The average molecular weight is 178 g/mol. The number of aliphatic hydroxyl groups excluding tert-OH is 1. The van der Waals surface area contributed by atoms with Crippen molar-refractivity contribution in [1.82, 2.24) is 0 Å². The van der Waals surface area contributed by atoms with Crippen molar-refractivity contribution in [3.05, 3.63) is 29.8 Å². The lowest BCUT2D eigenvalue weighted by atomic mass is 10.1. The zero-order valence-corrected chi connectivity index (χ0v) is 7.73. The molecule has 0 radical (unpaired) electrons. The fourth-order valence-corrected chi connectivity index (χ4v) is 1.80. The van der Waals surface area contributed by atoms with Crippen molar-refractivity contribution >= 4 is 0 Å². The number of benzene rings is 1. The number of aliphatic hydroxyl groups is 1. The highest BCUT2D eigenvalue weighted by atomic mass is 16.5. The van der Waals surface area contributed by atoms with Crippen LogP contribution >= 0.6 is 0 Å². The number of para-hydroxylation sites is 1. The zero-order chi connectivity index (χ0) is 9.26. The molecule has 2 rings (SSSR count). The van der Waals surface area contributed by atoms with Crippen molar-refractivity contribution in [2.24, 2.45) is 5.92 Å². The molecular weight excluding hydrogens is 164 g/mol. The second-order valence-electron chi connectivity index (χ2n) is 3.53. The lowest BCUT2D eigenvalue weighted by Gasteiger charge is -2.06. The van der Waals surface area contributed by atoms with Gasteiger partial charge in [0.15, 0.2) is 0 Å². The first kappa shape index (κ1) is 8.57. The Morgan fingerprint density at radius 1 is 1.46 bits per heavy atom. The molecule has 0 amide bonds. The van der Waals surface area contributed by atoms with Gasteiger partial charge in [-0.2, -0.15) is 0 Å². The molecule has 0 aliphatic heterocycles. The van der Waals surface area contributed by atoms with Gasteiger partial charge in [-0.15, -0.1) is 0 Å². The van der Waals surface area contributed by atoms with E-state index in [0.717, 1.165) is 12.2 Å². The number of ether oxygens (including phenoxy) is 1. The van der Waals surface area contributed by atoms with Crippen molar-refractivity contribution in [1.29, 1.82) is 0 Å². The summed E-state index contributed by atoms with van der Waals surface area (Å²) in [7, 11) is 1.69. The largest absolute Gasteiger partial charge is 0.496 e. The van der Waals surface area contributed by atoms with Crippen molar-refractivity contribution in [3.63, 3.8) is 0 Å². The van der Waals surface area contributed by atoms with Gasteiger partial charge < -0.3 is 9.84 Å². The molecule has 1 fully saturated rings. The molecular formula is C11H14O2. The van der Waals surface area contributed by atoms with E-state index >= 15 is 0 Å². The Labute approximate surface area is 78.2 Å². The number of rotatable bonds is 3. The van der Waals surface area contributed by atoms with Gasteiger partial charge in [0.1, 0.15) is 5.75 Å². The highest BCUT2D eigenvalue weighted by Crippen LogP contribution is 2.49. The highest BCUT2D eigenvalue weighted by Gasteiger charge is 2.39. The van der Waals surface area contributed by atoms with Crippen LogP contribution < -0.4 is 4.74 Å². The maximum Gasteiger partial charge on any atom is 0.122 e. The molecule has 1 saturated carbocycles. The van der Waals surface area contributed by atoms with E-state index in [-0.39, 0.29) is 0 Å². The van der Waals surface area contributed by atoms with E-state index in [1.54, 1.807) is 7.11 Å². The molecule has 1 aliphatic rings. The van der Waals surface area contributed by atoms with Crippen molar-refractivity contribution in [2.45, 2.75) is 12.3 Å². The van der Waals surface area contributed by atoms with Crippen LogP contribution in [0.5, 0.6) is 5.75 Å². The smallest absolute Gasteiger partial charge is 0.122 e. The van der Waals surface area contributed by atoms with Gasteiger partial charge in [0.2, 0.25) is 0 Å². The zero-order valence-electron chi connectivity index (χ0n) is 7.73. The summed E-state index contributed by atoms with van der Waals surface area (Å²) in [6, 6.07) is 8.05. The van der Waals surface area contributed by atoms with Crippen molar-refractivity contribution in [2.75, 3.05) is 13.7 Å². The quantitative estimate of drug-likeness (QED) is 0.764. The van der Waals surface area contributed by atoms with Crippen LogP contribution in [-0.2, 0) is 0 Å². The molecule has 70 valence electrons. The molecule has 1 aliphatic carbocycles. The van der Waals surface area contributed by atoms with Crippen molar-refractivity contribution < 1.29 is 9.84 Å². The summed E-state index contributed by atoms with van der Waals surface area (Å²) in [6.07, 6.45) is 1.09. The van der Waals surface area contributed by atoms with E-state index < -0.39 is 0 Å². The third-order valence-corrected chi connectivity index (χ3v) is 2.70. The number of methoxy groups -OCH3 is 1. The summed E-state index contributed by atoms with van der Waals surface area (Å²) in [5.41, 5.74) is 1.24. The molecule has 2 unspecified atom stereocenters. The summed E-state index contributed by atoms with van der Waals surface area (Å²) in [4.78, 5) is 0. The molecule has 13 heavy (non-hydrogen) atoms. The molecule has 2 atom stereocenters. The molecule has 1 aromatic carbocycles. The van der Waals surface area contributed by atoms with Gasteiger partial charge in [-0.3, -0.25) is 0 Å². The summed E-state index contributed by atoms with van der Waals surface area (Å²) in [5.74, 6) is 1.92. The topological polar surface area (TPSA) is 29.5 Å². The predicted octanol–water partition coefficient (Wildman–Crippen LogP) is 1.79. The van der Waals surface area contributed by atoms with Crippen LogP contribution in [-0.4, -0.2) is 18.8 Å². The maximum atomic E-state index is 8.96. The minimum Gasteiger partial charge on any atom is -0.496 e. The Morgan fingerprint density at radius 3 is 2.85 bits per heavy atom. The third-order valence-electron chi connectivity index (χ3n) is 2.70. The molecule has 0 bridgehead atoms. The van der Waals surface area contributed by atoms with Gasteiger partial charge in [-0.25, -0.2) is 0 Å². The van der Waals surface area contributed by atoms with E-state index in [9.17, 15) is 0 Å². The Kier molecular flexibility index (Phi) is 2.23. The van der Waals surface area contributed by atoms with Gasteiger partial charge in [0.05, 0.1) is 7.11 Å². The van der Waals surface area contributed by atoms with Gasteiger partial charge in [0, 0.05) is 6.61 Å². The molecule has 2 nitrogen and oxygen atoms in total.